The largest absolute Gasteiger partial charge is 0.456 e. The molecule has 0 aliphatic carbocycles. The molecule has 1 unspecified atom stereocenters. The van der Waals surface area contributed by atoms with E-state index in [0.29, 0.717) is 12.0 Å². The van der Waals surface area contributed by atoms with Crippen LogP contribution in [0.3, 0.4) is 0 Å². The fraction of sp³-hybridized carbons (Fsp3) is 0.391. The number of nitrogens with one attached hydrogen (secondary N) is 1. The summed E-state index contributed by atoms with van der Waals surface area (Å²) < 4.78 is 5.37. The van der Waals surface area contributed by atoms with E-state index >= 15 is 0 Å². The number of carbonyl (C=O) groups excluding carboxylic acids is 2. The molecule has 1 aliphatic rings. The van der Waals surface area contributed by atoms with Gasteiger partial charge in [-0.1, -0.05) is 42.5 Å². The predicted molar refractivity (Wildman–Crippen MR) is 113 cm³/mol. The van der Waals surface area contributed by atoms with E-state index in [4.69, 9.17) is 4.74 Å². The predicted octanol–water partition coefficient (Wildman–Crippen LogP) is 4.32. The van der Waals surface area contributed by atoms with Crippen LogP contribution in [0.15, 0.2) is 54.6 Å². The first-order chi connectivity index (χ1) is 12.8. The molecule has 3 rings (SSSR count). The topological polar surface area (TPSA) is 55.4 Å². The summed E-state index contributed by atoms with van der Waals surface area (Å²) in [6.07, 6.45) is 1.33. The summed E-state index contributed by atoms with van der Waals surface area (Å²) in [6, 6.07) is 17.2. The lowest BCUT2D eigenvalue weighted by molar-refractivity contribution is -0.120. The minimum Gasteiger partial charge on any atom is -0.456 e. The first-order valence-electron chi connectivity index (χ1n) is 9.47. The molecule has 0 spiro atoms. The highest BCUT2D eigenvalue weighted by atomic mass is 35.5. The standard InChI is InChI=1S/C23H27NO3.ClH/c1-23(2,3)27-22(26)18-11-9-16(10-12-18)15-20(25)21-19(13-14-24-21)17-7-5-4-6-8-17;/h4-12,19,21,24H,13-15H2,1-3H3;1H/t19?,21-;/m0./s1. The molecule has 28 heavy (non-hydrogen) atoms. The van der Waals surface area contributed by atoms with Crippen molar-refractivity contribution in [1.82, 2.24) is 5.32 Å². The van der Waals surface area contributed by atoms with Gasteiger partial charge in [-0.05, 0) is 57.0 Å². The Morgan fingerprint density at radius 3 is 2.29 bits per heavy atom. The Morgan fingerprint density at radius 2 is 1.68 bits per heavy atom. The first kappa shape index (κ1) is 22.1. The average Bonchev–Trinajstić information content (AvgIpc) is 3.11. The minimum atomic E-state index is -0.522. The van der Waals surface area contributed by atoms with Gasteiger partial charge in [-0.25, -0.2) is 4.79 Å². The molecule has 1 saturated heterocycles. The minimum absolute atomic E-state index is 0. The van der Waals surface area contributed by atoms with Crippen molar-refractivity contribution >= 4 is 24.2 Å². The number of ether oxygens (including phenoxy) is 1. The molecular weight excluding hydrogens is 374 g/mol. The Bertz CT molecular complexity index is 797. The van der Waals surface area contributed by atoms with Gasteiger partial charge in [-0.2, -0.15) is 0 Å². The van der Waals surface area contributed by atoms with Crippen LogP contribution in [0.1, 0.15) is 54.6 Å². The van der Waals surface area contributed by atoms with Gasteiger partial charge in [0, 0.05) is 12.3 Å². The van der Waals surface area contributed by atoms with Gasteiger partial charge in [-0.3, -0.25) is 4.79 Å². The zero-order chi connectivity index (χ0) is 19.4. The molecule has 0 saturated carbocycles. The third kappa shape index (κ3) is 5.66. The molecule has 1 N–H and O–H groups in total. The van der Waals surface area contributed by atoms with Crippen LogP contribution in [0.5, 0.6) is 0 Å². The number of esters is 1. The maximum absolute atomic E-state index is 12.9. The Balaban J connectivity index is 0.00000280. The highest BCUT2D eigenvalue weighted by Crippen LogP contribution is 2.28. The molecular formula is C23H28ClNO3. The number of benzene rings is 2. The molecule has 150 valence electrons. The summed E-state index contributed by atoms with van der Waals surface area (Å²) in [5, 5.41) is 3.36. The van der Waals surface area contributed by atoms with Crippen molar-refractivity contribution in [3.8, 4) is 0 Å². The van der Waals surface area contributed by atoms with Gasteiger partial charge in [0.15, 0.2) is 5.78 Å². The molecule has 0 aromatic heterocycles. The zero-order valence-corrected chi connectivity index (χ0v) is 17.4. The van der Waals surface area contributed by atoms with Crippen LogP contribution in [0.25, 0.3) is 0 Å². The van der Waals surface area contributed by atoms with Gasteiger partial charge in [0.05, 0.1) is 11.6 Å². The Kier molecular flexibility index (Phi) is 7.39. The lowest BCUT2D eigenvalue weighted by Gasteiger charge is -2.20. The van der Waals surface area contributed by atoms with Crippen molar-refractivity contribution < 1.29 is 14.3 Å². The van der Waals surface area contributed by atoms with E-state index in [1.165, 1.54) is 5.56 Å². The second-order valence-electron chi connectivity index (χ2n) is 8.08. The van der Waals surface area contributed by atoms with Crippen molar-refractivity contribution in [1.29, 1.82) is 0 Å². The lowest BCUT2D eigenvalue weighted by atomic mass is 9.88. The quantitative estimate of drug-likeness (QED) is 0.758. The van der Waals surface area contributed by atoms with Gasteiger partial charge in [0.1, 0.15) is 5.60 Å². The summed E-state index contributed by atoms with van der Waals surface area (Å²) in [4.78, 5) is 25.0. The van der Waals surface area contributed by atoms with E-state index in [9.17, 15) is 9.59 Å². The third-order valence-electron chi connectivity index (χ3n) is 4.76. The first-order valence-corrected chi connectivity index (χ1v) is 9.47. The Morgan fingerprint density at radius 1 is 1.04 bits per heavy atom. The molecule has 0 amide bonds. The fourth-order valence-corrected chi connectivity index (χ4v) is 3.51. The number of rotatable bonds is 5. The van der Waals surface area contributed by atoms with Crippen LogP contribution in [0, 0.1) is 0 Å². The number of Topliss-reactive ketones (excluding diaryl/α,β-unsaturated/α-hetero) is 1. The average molecular weight is 402 g/mol. The van der Waals surface area contributed by atoms with E-state index in [2.05, 4.69) is 17.4 Å². The molecule has 1 heterocycles. The van der Waals surface area contributed by atoms with Crippen molar-refractivity contribution in [3.05, 3.63) is 71.3 Å². The number of ketones is 1. The van der Waals surface area contributed by atoms with Crippen LogP contribution in [0.2, 0.25) is 0 Å². The zero-order valence-electron chi connectivity index (χ0n) is 16.6. The summed E-state index contributed by atoms with van der Waals surface area (Å²) in [6.45, 7) is 6.38. The van der Waals surface area contributed by atoms with E-state index < -0.39 is 5.60 Å². The van der Waals surface area contributed by atoms with Crippen molar-refractivity contribution in [2.24, 2.45) is 0 Å². The van der Waals surface area contributed by atoms with E-state index in [1.54, 1.807) is 12.1 Å². The molecule has 2 aromatic carbocycles. The summed E-state index contributed by atoms with van der Waals surface area (Å²) in [5.41, 5.74) is 2.10. The van der Waals surface area contributed by atoms with Gasteiger partial charge in [0.25, 0.3) is 0 Å². The molecule has 0 bridgehead atoms. The molecule has 1 fully saturated rings. The third-order valence-corrected chi connectivity index (χ3v) is 4.76. The Hall–Kier alpha value is -2.17. The Labute approximate surface area is 173 Å². The van der Waals surface area contributed by atoms with Crippen LogP contribution >= 0.6 is 12.4 Å². The second-order valence-corrected chi connectivity index (χ2v) is 8.08. The van der Waals surface area contributed by atoms with Gasteiger partial charge < -0.3 is 10.1 Å². The van der Waals surface area contributed by atoms with Crippen molar-refractivity contribution in [3.63, 3.8) is 0 Å². The van der Waals surface area contributed by atoms with Crippen LogP contribution in [-0.2, 0) is 16.0 Å². The summed E-state index contributed by atoms with van der Waals surface area (Å²) >= 11 is 0. The number of halogens is 1. The van der Waals surface area contributed by atoms with Crippen LogP contribution < -0.4 is 5.32 Å². The molecule has 5 heteroatoms. The SMILES string of the molecule is CC(C)(C)OC(=O)c1ccc(CC(=O)[C@H]2NCCC2c2ccccc2)cc1.Cl. The molecule has 2 aromatic rings. The van der Waals surface area contributed by atoms with Crippen LogP contribution in [0.4, 0.5) is 0 Å². The van der Waals surface area contributed by atoms with Crippen molar-refractivity contribution in [2.75, 3.05) is 6.54 Å². The molecule has 4 nitrogen and oxygen atoms in total. The highest BCUT2D eigenvalue weighted by molar-refractivity contribution is 5.90. The summed E-state index contributed by atoms with van der Waals surface area (Å²) in [7, 11) is 0. The summed E-state index contributed by atoms with van der Waals surface area (Å²) in [5.74, 6) is 0.0630. The number of carbonyl (C=O) groups is 2. The maximum Gasteiger partial charge on any atom is 0.338 e. The lowest BCUT2D eigenvalue weighted by Crippen LogP contribution is -2.35. The van der Waals surface area contributed by atoms with Crippen LogP contribution in [-0.4, -0.2) is 29.9 Å². The molecule has 0 radical (unpaired) electrons. The highest BCUT2D eigenvalue weighted by Gasteiger charge is 2.33. The van der Waals surface area contributed by atoms with E-state index in [1.807, 2.05) is 51.1 Å². The normalized spacial score (nSPS) is 19.0. The number of hydrogen-bond acceptors (Lipinski definition) is 4. The maximum atomic E-state index is 12.9. The van der Waals surface area contributed by atoms with Gasteiger partial charge >= 0.3 is 5.97 Å². The van der Waals surface area contributed by atoms with Crippen molar-refractivity contribution in [2.45, 2.75) is 51.2 Å². The molecule has 1 aliphatic heterocycles. The van der Waals surface area contributed by atoms with E-state index in [-0.39, 0.29) is 36.1 Å². The molecule has 2 atom stereocenters. The smallest absolute Gasteiger partial charge is 0.338 e. The number of hydrogen-bond donors (Lipinski definition) is 1. The second kappa shape index (κ2) is 9.35. The van der Waals surface area contributed by atoms with E-state index in [0.717, 1.165) is 18.5 Å². The fourth-order valence-electron chi connectivity index (χ4n) is 3.51. The van der Waals surface area contributed by atoms with Gasteiger partial charge in [0.2, 0.25) is 0 Å². The monoisotopic (exact) mass is 401 g/mol. The van der Waals surface area contributed by atoms with Gasteiger partial charge in [-0.15, -0.1) is 12.4 Å².